The van der Waals surface area contributed by atoms with E-state index < -0.39 is 0 Å². The number of methoxy groups -OCH3 is 1. The number of hydrogen-bond donors (Lipinski definition) is 1. The number of aromatic nitrogens is 3. The molecule has 2 aromatic heterocycles. The van der Waals surface area contributed by atoms with Crippen LogP contribution in [0.15, 0.2) is 53.6 Å². The van der Waals surface area contributed by atoms with Crippen molar-refractivity contribution in [3.05, 3.63) is 81.7 Å². The molecule has 0 unspecified atom stereocenters. The highest BCUT2D eigenvalue weighted by atomic mass is 16.5. The zero-order valence-corrected chi connectivity index (χ0v) is 19.3. The maximum atomic E-state index is 12.5. The SMILES string of the molecule is COc1cc(Cc2cnc(CCCOc3cccc(CN4CCCCC4)c3)[nH]c2=O)ccn1. The number of hydrogen-bond acceptors (Lipinski definition) is 6. The van der Waals surface area contributed by atoms with E-state index in [9.17, 15) is 4.79 Å². The van der Waals surface area contributed by atoms with Crippen LogP contribution >= 0.6 is 0 Å². The Morgan fingerprint density at radius 1 is 1.06 bits per heavy atom. The summed E-state index contributed by atoms with van der Waals surface area (Å²) < 4.78 is 11.1. The first kappa shape index (κ1) is 23.0. The third-order valence-corrected chi connectivity index (χ3v) is 5.91. The monoisotopic (exact) mass is 448 g/mol. The molecule has 7 nitrogen and oxygen atoms in total. The number of pyridine rings is 1. The lowest BCUT2D eigenvalue weighted by atomic mass is 10.1. The summed E-state index contributed by atoms with van der Waals surface area (Å²) in [5.41, 5.74) is 2.76. The third-order valence-electron chi connectivity index (χ3n) is 5.91. The van der Waals surface area contributed by atoms with Crippen molar-refractivity contribution in [2.24, 2.45) is 0 Å². The van der Waals surface area contributed by atoms with Gasteiger partial charge in [-0.2, -0.15) is 0 Å². The molecule has 0 radical (unpaired) electrons. The van der Waals surface area contributed by atoms with E-state index in [1.807, 2.05) is 18.2 Å². The second kappa shape index (κ2) is 11.6. The number of benzene rings is 1. The van der Waals surface area contributed by atoms with Gasteiger partial charge in [-0.3, -0.25) is 9.69 Å². The lowest BCUT2D eigenvalue weighted by molar-refractivity contribution is 0.220. The van der Waals surface area contributed by atoms with Crippen LogP contribution < -0.4 is 15.0 Å². The first-order valence-corrected chi connectivity index (χ1v) is 11.7. The normalized spacial score (nSPS) is 14.2. The molecule has 0 saturated carbocycles. The fourth-order valence-electron chi connectivity index (χ4n) is 4.14. The molecule has 0 amide bonds. The molecule has 0 spiro atoms. The maximum absolute atomic E-state index is 12.5. The number of likely N-dealkylation sites (tertiary alicyclic amines) is 1. The van der Waals surface area contributed by atoms with Crippen LogP contribution in [0.2, 0.25) is 0 Å². The van der Waals surface area contributed by atoms with Gasteiger partial charge in [0.1, 0.15) is 11.6 Å². The van der Waals surface area contributed by atoms with Crippen LogP contribution in [0.5, 0.6) is 11.6 Å². The standard InChI is InChI=1S/C26H32N4O3/c1-32-25-17-20(10-11-27-25)15-22-18-28-24(29-26(22)31)9-6-14-33-23-8-5-7-21(16-23)19-30-12-3-2-4-13-30/h5,7-8,10-11,16-18H,2-4,6,9,12-15,19H2,1H3,(H,28,29,31). The summed E-state index contributed by atoms with van der Waals surface area (Å²) in [6.45, 7) is 3.94. The maximum Gasteiger partial charge on any atom is 0.254 e. The lowest BCUT2D eigenvalue weighted by Gasteiger charge is -2.26. The van der Waals surface area contributed by atoms with Crippen molar-refractivity contribution in [3.63, 3.8) is 0 Å². The van der Waals surface area contributed by atoms with E-state index in [4.69, 9.17) is 9.47 Å². The van der Waals surface area contributed by atoms with Crippen LogP contribution in [0.4, 0.5) is 0 Å². The Hall–Kier alpha value is -3.19. The number of nitrogens with zero attached hydrogens (tertiary/aromatic N) is 3. The molecule has 1 saturated heterocycles. The van der Waals surface area contributed by atoms with Gasteiger partial charge in [-0.25, -0.2) is 9.97 Å². The van der Waals surface area contributed by atoms with Crippen LogP contribution in [0, 0.1) is 0 Å². The molecule has 33 heavy (non-hydrogen) atoms. The molecule has 1 N–H and O–H groups in total. The average Bonchev–Trinajstić information content (AvgIpc) is 2.84. The van der Waals surface area contributed by atoms with Crippen LogP contribution in [-0.4, -0.2) is 46.7 Å². The van der Waals surface area contributed by atoms with E-state index in [1.54, 1.807) is 19.5 Å². The predicted octanol–water partition coefficient (Wildman–Crippen LogP) is 3.76. The number of rotatable bonds is 10. The molecule has 0 bridgehead atoms. The molecular weight excluding hydrogens is 416 g/mol. The number of nitrogens with one attached hydrogen (secondary N) is 1. The third kappa shape index (κ3) is 6.89. The summed E-state index contributed by atoms with van der Waals surface area (Å²) in [5, 5.41) is 0. The number of piperidine rings is 1. The lowest BCUT2D eigenvalue weighted by Crippen LogP contribution is -2.29. The quantitative estimate of drug-likeness (QED) is 0.476. The Morgan fingerprint density at radius 2 is 1.94 bits per heavy atom. The first-order valence-electron chi connectivity index (χ1n) is 11.7. The Morgan fingerprint density at radius 3 is 2.76 bits per heavy atom. The first-order chi connectivity index (χ1) is 16.2. The van der Waals surface area contributed by atoms with Gasteiger partial charge < -0.3 is 14.5 Å². The number of ether oxygens (including phenoxy) is 2. The van der Waals surface area contributed by atoms with Gasteiger partial charge in [0.15, 0.2) is 0 Å². The number of H-pyrrole nitrogens is 1. The summed E-state index contributed by atoms with van der Waals surface area (Å²) in [6, 6.07) is 12.1. The molecule has 7 heteroatoms. The van der Waals surface area contributed by atoms with E-state index in [-0.39, 0.29) is 5.56 Å². The van der Waals surface area contributed by atoms with E-state index in [0.29, 0.717) is 36.7 Å². The Labute approximate surface area is 194 Å². The van der Waals surface area contributed by atoms with E-state index >= 15 is 0 Å². The minimum atomic E-state index is -0.109. The molecule has 174 valence electrons. The molecule has 3 heterocycles. The van der Waals surface area contributed by atoms with E-state index in [2.05, 4.69) is 38.1 Å². The zero-order valence-electron chi connectivity index (χ0n) is 19.3. The molecule has 1 aliphatic rings. The van der Waals surface area contributed by atoms with Crippen LogP contribution in [0.25, 0.3) is 0 Å². The Bertz CT molecular complexity index is 1090. The minimum absolute atomic E-state index is 0.109. The van der Waals surface area contributed by atoms with Gasteiger partial charge in [-0.1, -0.05) is 18.6 Å². The Kier molecular flexibility index (Phi) is 8.09. The van der Waals surface area contributed by atoms with E-state index in [1.165, 1.54) is 37.9 Å². The van der Waals surface area contributed by atoms with E-state index in [0.717, 1.165) is 24.3 Å². The van der Waals surface area contributed by atoms with Crippen molar-refractivity contribution >= 4 is 0 Å². The molecular formula is C26H32N4O3. The van der Waals surface area contributed by atoms with Crippen molar-refractivity contribution in [2.75, 3.05) is 26.8 Å². The van der Waals surface area contributed by atoms with Crippen LogP contribution in [-0.2, 0) is 19.4 Å². The zero-order chi connectivity index (χ0) is 22.9. The van der Waals surface area contributed by atoms with Crippen LogP contribution in [0.1, 0.15) is 48.2 Å². The van der Waals surface area contributed by atoms with Gasteiger partial charge in [0.2, 0.25) is 5.88 Å². The summed E-state index contributed by atoms with van der Waals surface area (Å²) in [6.07, 6.45) is 9.20. The summed E-state index contributed by atoms with van der Waals surface area (Å²) in [4.78, 5) is 26.4. The Balaban J connectivity index is 1.24. The van der Waals surface area contributed by atoms with Crippen molar-refractivity contribution in [1.82, 2.24) is 19.9 Å². The largest absolute Gasteiger partial charge is 0.494 e. The topological polar surface area (TPSA) is 80.3 Å². The van der Waals surface area contributed by atoms with Crippen molar-refractivity contribution in [2.45, 2.75) is 45.1 Å². The molecule has 3 aromatic rings. The highest BCUT2D eigenvalue weighted by Gasteiger charge is 2.11. The van der Waals surface area contributed by atoms with Gasteiger partial charge in [-0.05, 0) is 61.7 Å². The second-order valence-corrected chi connectivity index (χ2v) is 8.50. The second-order valence-electron chi connectivity index (χ2n) is 8.50. The number of aromatic amines is 1. The molecule has 0 atom stereocenters. The van der Waals surface area contributed by atoms with Crippen LogP contribution in [0.3, 0.4) is 0 Å². The van der Waals surface area contributed by atoms with Crippen molar-refractivity contribution in [3.8, 4) is 11.6 Å². The van der Waals surface area contributed by atoms with Gasteiger partial charge in [0.05, 0.1) is 13.7 Å². The van der Waals surface area contributed by atoms with Crippen molar-refractivity contribution < 1.29 is 9.47 Å². The molecule has 1 aliphatic heterocycles. The molecule has 1 fully saturated rings. The van der Waals surface area contributed by atoms with Gasteiger partial charge in [0, 0.05) is 43.4 Å². The highest BCUT2D eigenvalue weighted by molar-refractivity contribution is 5.28. The minimum Gasteiger partial charge on any atom is -0.494 e. The number of aryl methyl sites for hydroxylation is 1. The molecule has 4 rings (SSSR count). The molecule has 1 aromatic carbocycles. The fourth-order valence-corrected chi connectivity index (χ4v) is 4.14. The average molecular weight is 449 g/mol. The molecule has 0 aliphatic carbocycles. The summed E-state index contributed by atoms with van der Waals surface area (Å²) in [7, 11) is 1.57. The summed E-state index contributed by atoms with van der Waals surface area (Å²) >= 11 is 0. The van der Waals surface area contributed by atoms with Gasteiger partial charge >= 0.3 is 0 Å². The van der Waals surface area contributed by atoms with Gasteiger partial charge in [0.25, 0.3) is 5.56 Å². The van der Waals surface area contributed by atoms with Gasteiger partial charge in [-0.15, -0.1) is 0 Å². The fraction of sp³-hybridized carbons (Fsp3) is 0.423. The van der Waals surface area contributed by atoms with Crippen molar-refractivity contribution in [1.29, 1.82) is 0 Å². The predicted molar refractivity (Wildman–Crippen MR) is 128 cm³/mol. The summed E-state index contributed by atoms with van der Waals surface area (Å²) in [5.74, 6) is 2.11. The highest BCUT2D eigenvalue weighted by Crippen LogP contribution is 2.18. The smallest absolute Gasteiger partial charge is 0.254 e.